The van der Waals surface area contributed by atoms with Gasteiger partial charge in [0, 0.05) is 29.1 Å². The van der Waals surface area contributed by atoms with Crippen molar-refractivity contribution in [3.63, 3.8) is 0 Å². The predicted molar refractivity (Wildman–Crippen MR) is 114 cm³/mol. The maximum atomic E-state index is 12.4. The summed E-state index contributed by atoms with van der Waals surface area (Å²) in [5.74, 6) is 0.483. The fraction of sp³-hybridized carbons (Fsp3) is 0.238. The molecule has 2 aromatic carbocycles. The number of methoxy groups -OCH3 is 3. The number of nitrogens with one attached hydrogen (secondary N) is 2. The Balaban J connectivity index is 1.61. The van der Waals surface area contributed by atoms with Gasteiger partial charge in [-0.1, -0.05) is 18.2 Å². The Hall–Kier alpha value is -3.20. The zero-order valence-corrected chi connectivity index (χ0v) is 18.3. The van der Waals surface area contributed by atoms with Crippen LogP contribution in [0.2, 0.25) is 0 Å². The third-order valence-corrected chi connectivity index (χ3v) is 5.27. The maximum absolute atomic E-state index is 12.4. The molecule has 1 heterocycles. The Morgan fingerprint density at radius 3 is 2.33 bits per heavy atom. The minimum absolute atomic E-state index is 0.163. The van der Waals surface area contributed by atoms with Gasteiger partial charge in [0.15, 0.2) is 18.1 Å². The summed E-state index contributed by atoms with van der Waals surface area (Å²) in [7, 11) is 4.57. The molecular weight excluding hydrogens is 456 g/mol. The van der Waals surface area contributed by atoms with Crippen molar-refractivity contribution in [1.29, 1.82) is 0 Å². The second kappa shape index (κ2) is 9.53. The SMILES string of the molecule is COc1cc(OC)c(OC)cc1CNC(=O)COC(=O)c1[nH]c2ccccc2c1Br. The summed E-state index contributed by atoms with van der Waals surface area (Å²) >= 11 is 3.39. The van der Waals surface area contributed by atoms with Crippen LogP contribution < -0.4 is 19.5 Å². The number of para-hydroxylation sites is 1. The first-order valence-corrected chi connectivity index (χ1v) is 9.76. The topological polar surface area (TPSA) is 98.9 Å². The number of amides is 1. The lowest BCUT2D eigenvalue weighted by molar-refractivity contribution is -0.124. The van der Waals surface area contributed by atoms with Crippen molar-refractivity contribution in [2.75, 3.05) is 27.9 Å². The lowest BCUT2D eigenvalue weighted by atomic mass is 10.1. The molecule has 0 radical (unpaired) electrons. The molecule has 0 atom stereocenters. The van der Waals surface area contributed by atoms with Gasteiger partial charge in [-0.15, -0.1) is 0 Å². The minimum Gasteiger partial charge on any atom is -0.496 e. The summed E-state index contributed by atoms with van der Waals surface area (Å²) in [5.41, 5.74) is 1.74. The van der Waals surface area contributed by atoms with Gasteiger partial charge in [0.1, 0.15) is 11.4 Å². The maximum Gasteiger partial charge on any atom is 0.356 e. The van der Waals surface area contributed by atoms with Gasteiger partial charge in [-0.25, -0.2) is 4.79 Å². The van der Waals surface area contributed by atoms with E-state index in [0.717, 1.165) is 10.9 Å². The molecule has 0 saturated heterocycles. The van der Waals surface area contributed by atoms with Crippen LogP contribution in [0.5, 0.6) is 17.2 Å². The Bertz CT molecular complexity index is 1080. The smallest absolute Gasteiger partial charge is 0.356 e. The molecule has 1 amide bonds. The van der Waals surface area contributed by atoms with Crippen molar-refractivity contribution < 1.29 is 28.5 Å². The molecule has 30 heavy (non-hydrogen) atoms. The van der Waals surface area contributed by atoms with E-state index in [2.05, 4.69) is 26.2 Å². The van der Waals surface area contributed by atoms with Crippen molar-refractivity contribution in [1.82, 2.24) is 10.3 Å². The van der Waals surface area contributed by atoms with Crippen molar-refractivity contribution in [3.8, 4) is 17.2 Å². The van der Waals surface area contributed by atoms with Crippen molar-refractivity contribution >= 4 is 38.7 Å². The number of benzene rings is 2. The highest BCUT2D eigenvalue weighted by Gasteiger charge is 2.18. The zero-order chi connectivity index (χ0) is 21.7. The Kier molecular flexibility index (Phi) is 6.83. The van der Waals surface area contributed by atoms with Gasteiger partial charge in [-0.05, 0) is 28.1 Å². The Labute approximate surface area is 181 Å². The number of H-pyrrole nitrogens is 1. The number of aromatic amines is 1. The van der Waals surface area contributed by atoms with Gasteiger partial charge in [-0.3, -0.25) is 4.79 Å². The molecule has 0 aliphatic rings. The van der Waals surface area contributed by atoms with E-state index in [0.29, 0.717) is 27.3 Å². The van der Waals surface area contributed by atoms with E-state index < -0.39 is 18.5 Å². The lowest BCUT2D eigenvalue weighted by Crippen LogP contribution is -2.28. The molecular formula is C21H21BrN2O6. The fourth-order valence-corrected chi connectivity index (χ4v) is 3.53. The molecule has 3 aromatic rings. The highest BCUT2D eigenvalue weighted by Crippen LogP contribution is 2.34. The van der Waals surface area contributed by atoms with Crippen molar-refractivity contribution in [3.05, 3.63) is 52.1 Å². The average molecular weight is 477 g/mol. The van der Waals surface area contributed by atoms with Gasteiger partial charge < -0.3 is 29.2 Å². The minimum atomic E-state index is -0.628. The lowest BCUT2D eigenvalue weighted by Gasteiger charge is -2.14. The van der Waals surface area contributed by atoms with Gasteiger partial charge in [0.2, 0.25) is 0 Å². The number of esters is 1. The summed E-state index contributed by atoms with van der Waals surface area (Å²) in [6.45, 7) is -0.258. The van der Waals surface area contributed by atoms with Crippen LogP contribution >= 0.6 is 15.9 Å². The first-order valence-electron chi connectivity index (χ1n) is 8.97. The van der Waals surface area contributed by atoms with Crippen LogP contribution in [0.4, 0.5) is 0 Å². The van der Waals surface area contributed by atoms with E-state index in [1.165, 1.54) is 21.3 Å². The summed E-state index contributed by atoms with van der Waals surface area (Å²) in [5, 5.41) is 3.55. The van der Waals surface area contributed by atoms with Crippen LogP contribution in [0.15, 0.2) is 40.9 Å². The summed E-state index contributed by atoms with van der Waals surface area (Å²) in [6, 6.07) is 10.8. The second-order valence-electron chi connectivity index (χ2n) is 6.23. The Morgan fingerprint density at radius 1 is 1.00 bits per heavy atom. The number of hydrogen-bond donors (Lipinski definition) is 2. The monoisotopic (exact) mass is 476 g/mol. The molecule has 0 unspecified atom stereocenters. The van der Waals surface area contributed by atoms with Gasteiger partial charge in [-0.2, -0.15) is 0 Å². The van der Waals surface area contributed by atoms with Gasteiger partial charge in [0.05, 0.1) is 25.8 Å². The summed E-state index contributed by atoms with van der Waals surface area (Å²) < 4.78 is 21.6. The van der Waals surface area contributed by atoms with Crippen LogP contribution in [-0.4, -0.2) is 44.8 Å². The summed E-state index contributed by atoms with van der Waals surface area (Å²) in [4.78, 5) is 27.5. The molecule has 0 aliphatic carbocycles. The van der Waals surface area contributed by atoms with E-state index in [1.54, 1.807) is 12.1 Å². The Morgan fingerprint density at radius 2 is 1.67 bits per heavy atom. The molecule has 3 rings (SSSR count). The van der Waals surface area contributed by atoms with Crippen molar-refractivity contribution in [2.24, 2.45) is 0 Å². The first kappa shape index (κ1) is 21.5. The molecule has 0 spiro atoms. The molecule has 0 bridgehead atoms. The third kappa shape index (κ3) is 4.51. The molecule has 158 valence electrons. The van der Waals surface area contributed by atoms with E-state index >= 15 is 0 Å². The highest BCUT2D eigenvalue weighted by atomic mass is 79.9. The zero-order valence-electron chi connectivity index (χ0n) is 16.7. The van der Waals surface area contributed by atoms with E-state index in [-0.39, 0.29) is 12.2 Å². The number of ether oxygens (including phenoxy) is 4. The molecule has 1 aromatic heterocycles. The van der Waals surface area contributed by atoms with Crippen LogP contribution in [0.3, 0.4) is 0 Å². The van der Waals surface area contributed by atoms with Crippen molar-refractivity contribution in [2.45, 2.75) is 6.54 Å². The molecule has 8 nitrogen and oxygen atoms in total. The quantitative estimate of drug-likeness (QED) is 0.483. The number of rotatable bonds is 8. The van der Waals surface area contributed by atoms with Gasteiger partial charge >= 0.3 is 5.97 Å². The summed E-state index contributed by atoms with van der Waals surface area (Å²) in [6.07, 6.45) is 0. The predicted octanol–water partition coefficient (Wildman–Crippen LogP) is 3.43. The number of carbonyl (C=O) groups excluding carboxylic acids is 2. The number of aromatic nitrogens is 1. The standard InChI is InChI=1S/C21H21BrN2O6/c1-27-15-9-17(29-3)16(28-2)8-12(15)10-23-18(25)11-30-21(26)20-19(22)13-6-4-5-7-14(13)24-20/h4-9,24H,10-11H2,1-3H3,(H,23,25). The molecule has 0 fully saturated rings. The largest absolute Gasteiger partial charge is 0.496 e. The van der Waals surface area contributed by atoms with E-state index in [9.17, 15) is 9.59 Å². The highest BCUT2D eigenvalue weighted by molar-refractivity contribution is 9.10. The van der Waals surface area contributed by atoms with E-state index in [1.807, 2.05) is 24.3 Å². The van der Waals surface area contributed by atoms with Gasteiger partial charge in [0.25, 0.3) is 5.91 Å². The third-order valence-electron chi connectivity index (χ3n) is 4.44. The molecule has 9 heteroatoms. The molecule has 0 saturated carbocycles. The molecule has 0 aliphatic heterocycles. The van der Waals surface area contributed by atoms with Crippen LogP contribution in [0, 0.1) is 0 Å². The second-order valence-corrected chi connectivity index (χ2v) is 7.02. The normalized spacial score (nSPS) is 10.5. The number of carbonyl (C=O) groups is 2. The average Bonchev–Trinajstić information content (AvgIpc) is 3.12. The number of hydrogen-bond acceptors (Lipinski definition) is 6. The number of fused-ring (bicyclic) bond motifs is 1. The molecule has 2 N–H and O–H groups in total. The van der Waals surface area contributed by atoms with Crippen LogP contribution in [0.25, 0.3) is 10.9 Å². The van der Waals surface area contributed by atoms with E-state index in [4.69, 9.17) is 18.9 Å². The van der Waals surface area contributed by atoms with Crippen LogP contribution in [0.1, 0.15) is 16.1 Å². The number of halogens is 1. The fourth-order valence-electron chi connectivity index (χ4n) is 2.93. The first-order chi connectivity index (χ1) is 14.5. The van der Waals surface area contributed by atoms with Crippen LogP contribution in [-0.2, 0) is 16.1 Å².